The van der Waals surface area contributed by atoms with Crippen LogP contribution in [0.15, 0.2) is 16.6 Å². The van der Waals surface area contributed by atoms with Gasteiger partial charge in [-0.3, -0.25) is 0 Å². The lowest BCUT2D eigenvalue weighted by atomic mass is 9.99. The third-order valence-electron chi connectivity index (χ3n) is 2.90. The maximum Gasteiger partial charge on any atom is 0.175 e. The van der Waals surface area contributed by atoms with E-state index in [1.54, 1.807) is 0 Å². The van der Waals surface area contributed by atoms with Crippen LogP contribution in [0.1, 0.15) is 38.4 Å². The quantitative estimate of drug-likeness (QED) is 0.924. The minimum absolute atomic E-state index is 0.453. The van der Waals surface area contributed by atoms with Gasteiger partial charge < -0.3 is 14.6 Å². The molecule has 1 aliphatic rings. The molecule has 0 amide bonds. The predicted molar refractivity (Wildman–Crippen MR) is 74.2 cm³/mol. The molecule has 4 heteroatoms. The lowest BCUT2D eigenvalue weighted by Gasteiger charge is -2.17. The maximum absolute atomic E-state index is 10.2. The van der Waals surface area contributed by atoms with Crippen LogP contribution in [0.4, 0.5) is 0 Å². The first kappa shape index (κ1) is 13.7. The molecule has 1 aromatic rings. The number of halogens is 1. The molecule has 0 bridgehead atoms. The second-order valence-corrected chi connectivity index (χ2v) is 5.88. The van der Waals surface area contributed by atoms with Crippen molar-refractivity contribution in [1.29, 1.82) is 0 Å². The second-order valence-electron chi connectivity index (χ2n) is 5.03. The number of hydrogen-bond donors (Lipinski definition) is 1. The number of benzene rings is 1. The van der Waals surface area contributed by atoms with Crippen LogP contribution in [-0.2, 0) is 0 Å². The van der Waals surface area contributed by atoms with Gasteiger partial charge in [-0.05, 0) is 46.0 Å². The van der Waals surface area contributed by atoms with Gasteiger partial charge >= 0.3 is 0 Å². The molecule has 1 aliphatic heterocycles. The summed E-state index contributed by atoms with van der Waals surface area (Å²) in [6.45, 7) is 5.52. The zero-order chi connectivity index (χ0) is 13.1. The molecule has 0 spiro atoms. The molecular formula is C14H19BrO3. The smallest absolute Gasteiger partial charge is 0.175 e. The van der Waals surface area contributed by atoms with Gasteiger partial charge in [-0.15, -0.1) is 0 Å². The number of rotatable bonds is 3. The van der Waals surface area contributed by atoms with Crippen LogP contribution in [0.2, 0.25) is 0 Å². The van der Waals surface area contributed by atoms with Crippen LogP contribution in [0, 0.1) is 5.92 Å². The van der Waals surface area contributed by atoms with Crippen molar-refractivity contribution in [3.8, 4) is 11.5 Å². The molecule has 1 aromatic carbocycles. The normalized spacial score (nSPS) is 16.5. The highest BCUT2D eigenvalue weighted by Crippen LogP contribution is 2.40. The SMILES string of the molecule is CC(C)CC(O)c1cc(Br)c2c(c1)OCCCO2. The van der Waals surface area contributed by atoms with Gasteiger partial charge in [-0.25, -0.2) is 0 Å². The molecule has 0 aliphatic carbocycles. The largest absolute Gasteiger partial charge is 0.490 e. The molecule has 1 heterocycles. The van der Waals surface area contributed by atoms with Crippen molar-refractivity contribution in [2.75, 3.05) is 13.2 Å². The summed E-state index contributed by atoms with van der Waals surface area (Å²) in [5, 5.41) is 10.2. The average Bonchev–Trinajstić information content (AvgIpc) is 2.53. The van der Waals surface area contributed by atoms with Crippen molar-refractivity contribution >= 4 is 15.9 Å². The summed E-state index contributed by atoms with van der Waals surface area (Å²) in [5.41, 5.74) is 0.875. The highest BCUT2D eigenvalue weighted by atomic mass is 79.9. The molecule has 0 fully saturated rings. The highest BCUT2D eigenvalue weighted by Gasteiger charge is 2.18. The van der Waals surface area contributed by atoms with Crippen molar-refractivity contribution in [2.24, 2.45) is 5.92 Å². The van der Waals surface area contributed by atoms with E-state index in [0.29, 0.717) is 19.1 Å². The summed E-state index contributed by atoms with van der Waals surface area (Å²) in [6, 6.07) is 3.80. The van der Waals surface area contributed by atoms with Gasteiger partial charge in [0.1, 0.15) is 0 Å². The lowest BCUT2D eigenvalue weighted by Crippen LogP contribution is -2.03. The highest BCUT2D eigenvalue weighted by molar-refractivity contribution is 9.10. The molecule has 1 atom stereocenters. The topological polar surface area (TPSA) is 38.7 Å². The van der Waals surface area contributed by atoms with E-state index in [0.717, 1.165) is 34.4 Å². The molecule has 0 aromatic heterocycles. The summed E-state index contributed by atoms with van der Waals surface area (Å²) in [4.78, 5) is 0. The molecular weight excluding hydrogens is 296 g/mol. The van der Waals surface area contributed by atoms with Gasteiger partial charge in [0.25, 0.3) is 0 Å². The Kier molecular flexibility index (Phi) is 4.51. The van der Waals surface area contributed by atoms with Gasteiger partial charge in [-0.2, -0.15) is 0 Å². The van der Waals surface area contributed by atoms with Crippen molar-refractivity contribution in [2.45, 2.75) is 32.8 Å². The van der Waals surface area contributed by atoms with Crippen molar-refractivity contribution in [3.63, 3.8) is 0 Å². The Morgan fingerprint density at radius 1 is 1.28 bits per heavy atom. The monoisotopic (exact) mass is 314 g/mol. The van der Waals surface area contributed by atoms with Gasteiger partial charge in [0.05, 0.1) is 23.8 Å². The molecule has 0 saturated carbocycles. The first-order valence-corrected chi connectivity index (χ1v) is 7.14. The fraction of sp³-hybridized carbons (Fsp3) is 0.571. The van der Waals surface area contributed by atoms with Crippen LogP contribution in [0.25, 0.3) is 0 Å². The minimum atomic E-state index is -0.460. The molecule has 18 heavy (non-hydrogen) atoms. The molecule has 100 valence electrons. The van der Waals surface area contributed by atoms with Crippen LogP contribution in [0.5, 0.6) is 11.5 Å². The van der Waals surface area contributed by atoms with Gasteiger partial charge in [-0.1, -0.05) is 13.8 Å². The van der Waals surface area contributed by atoms with E-state index >= 15 is 0 Å². The maximum atomic E-state index is 10.2. The number of hydrogen-bond acceptors (Lipinski definition) is 3. The van der Waals surface area contributed by atoms with Crippen molar-refractivity contribution in [3.05, 3.63) is 22.2 Å². The van der Waals surface area contributed by atoms with Gasteiger partial charge in [0, 0.05) is 6.42 Å². The fourth-order valence-corrected chi connectivity index (χ4v) is 2.60. The number of aliphatic hydroxyl groups is 1. The first-order valence-electron chi connectivity index (χ1n) is 6.35. The van der Waals surface area contributed by atoms with Crippen molar-refractivity contribution < 1.29 is 14.6 Å². The predicted octanol–water partition coefficient (Wildman–Crippen LogP) is 3.69. The van der Waals surface area contributed by atoms with E-state index in [9.17, 15) is 5.11 Å². The molecule has 2 rings (SSSR count). The van der Waals surface area contributed by atoms with Crippen LogP contribution < -0.4 is 9.47 Å². The summed E-state index contributed by atoms with van der Waals surface area (Å²) >= 11 is 3.49. The Labute approximate surface area is 116 Å². The Hall–Kier alpha value is -0.740. The van der Waals surface area contributed by atoms with E-state index in [-0.39, 0.29) is 0 Å². The Morgan fingerprint density at radius 3 is 2.72 bits per heavy atom. The minimum Gasteiger partial charge on any atom is -0.490 e. The van der Waals surface area contributed by atoms with E-state index in [1.807, 2.05) is 12.1 Å². The zero-order valence-electron chi connectivity index (χ0n) is 10.8. The molecule has 1 N–H and O–H groups in total. The zero-order valence-corrected chi connectivity index (χ0v) is 12.4. The van der Waals surface area contributed by atoms with Gasteiger partial charge in [0.15, 0.2) is 11.5 Å². The fourth-order valence-electron chi connectivity index (χ4n) is 2.03. The van der Waals surface area contributed by atoms with E-state index in [2.05, 4.69) is 29.8 Å². The summed E-state index contributed by atoms with van der Waals surface area (Å²) in [5.74, 6) is 1.92. The Morgan fingerprint density at radius 2 is 2.00 bits per heavy atom. The second kappa shape index (κ2) is 5.93. The number of fused-ring (bicyclic) bond motifs is 1. The van der Waals surface area contributed by atoms with Crippen LogP contribution >= 0.6 is 15.9 Å². The van der Waals surface area contributed by atoms with Crippen LogP contribution in [-0.4, -0.2) is 18.3 Å². The van der Waals surface area contributed by atoms with E-state index < -0.39 is 6.10 Å². The van der Waals surface area contributed by atoms with E-state index in [4.69, 9.17) is 9.47 Å². The summed E-state index contributed by atoms with van der Waals surface area (Å²) in [7, 11) is 0. The standard InChI is InChI=1S/C14H19BrO3/c1-9(2)6-12(16)10-7-11(15)14-13(8-10)17-4-3-5-18-14/h7-9,12,16H,3-6H2,1-2H3. The van der Waals surface area contributed by atoms with E-state index in [1.165, 1.54) is 0 Å². The summed E-state index contributed by atoms with van der Waals surface area (Å²) in [6.07, 6.45) is 1.16. The lowest BCUT2D eigenvalue weighted by molar-refractivity contribution is 0.150. The van der Waals surface area contributed by atoms with Gasteiger partial charge in [0.2, 0.25) is 0 Å². The molecule has 3 nitrogen and oxygen atoms in total. The third-order valence-corrected chi connectivity index (χ3v) is 3.49. The summed E-state index contributed by atoms with van der Waals surface area (Å²) < 4.78 is 12.1. The Bertz CT molecular complexity index is 418. The molecule has 0 saturated heterocycles. The third kappa shape index (κ3) is 3.18. The number of ether oxygens (including phenoxy) is 2. The molecule has 0 radical (unpaired) electrons. The average molecular weight is 315 g/mol. The van der Waals surface area contributed by atoms with Crippen molar-refractivity contribution in [1.82, 2.24) is 0 Å². The number of aliphatic hydroxyl groups excluding tert-OH is 1. The first-order chi connectivity index (χ1) is 8.58. The molecule has 1 unspecified atom stereocenters. The van der Waals surface area contributed by atoms with Crippen LogP contribution in [0.3, 0.4) is 0 Å². The Balaban J connectivity index is 2.28.